The lowest BCUT2D eigenvalue weighted by atomic mass is 10.1. The van der Waals surface area contributed by atoms with Gasteiger partial charge in [0.1, 0.15) is 0 Å². The van der Waals surface area contributed by atoms with E-state index in [2.05, 4.69) is 0 Å². The van der Waals surface area contributed by atoms with Crippen LogP contribution in [0.2, 0.25) is 0 Å². The minimum Gasteiger partial charge on any atom is -0.395 e. The van der Waals surface area contributed by atoms with Crippen LogP contribution in [0.1, 0.15) is 31.8 Å². The number of nitro groups is 1. The van der Waals surface area contributed by atoms with Crippen molar-refractivity contribution >= 4 is 11.4 Å². The summed E-state index contributed by atoms with van der Waals surface area (Å²) in [5.74, 6) is 0. The number of anilines is 1. The lowest BCUT2D eigenvalue weighted by Gasteiger charge is -2.26. The Balaban J connectivity index is 3.15. The minimum absolute atomic E-state index is 0.163. The van der Waals surface area contributed by atoms with Crippen LogP contribution in [0.5, 0.6) is 0 Å². The Hall–Kier alpha value is -1.76. The third-order valence-electron chi connectivity index (χ3n) is 2.95. The molecule has 0 atom stereocenters. The van der Waals surface area contributed by atoms with Crippen molar-refractivity contribution in [3.8, 4) is 0 Å². The maximum absolute atomic E-state index is 13.1. The number of rotatable bonds is 8. The van der Waals surface area contributed by atoms with Gasteiger partial charge < -0.3 is 10.0 Å². The average molecular weight is 288 g/mol. The van der Waals surface area contributed by atoms with Crippen molar-refractivity contribution < 1.29 is 18.8 Å². The molecular formula is C13H18F2N2O3. The van der Waals surface area contributed by atoms with E-state index >= 15 is 0 Å². The number of aliphatic hydroxyl groups excluding tert-OH is 1. The summed E-state index contributed by atoms with van der Waals surface area (Å²) in [4.78, 5) is 11.6. The smallest absolute Gasteiger partial charge is 0.270 e. The molecule has 0 saturated heterocycles. The van der Waals surface area contributed by atoms with Gasteiger partial charge in [0.25, 0.3) is 12.1 Å². The fraction of sp³-hybridized carbons (Fsp3) is 0.538. The van der Waals surface area contributed by atoms with Gasteiger partial charge in [-0.1, -0.05) is 13.3 Å². The van der Waals surface area contributed by atoms with Crippen LogP contribution in [0.4, 0.5) is 20.2 Å². The summed E-state index contributed by atoms with van der Waals surface area (Å²) in [5.41, 5.74) is -0.486. The van der Waals surface area contributed by atoms with Gasteiger partial charge in [-0.2, -0.15) is 0 Å². The summed E-state index contributed by atoms with van der Waals surface area (Å²) >= 11 is 0. The van der Waals surface area contributed by atoms with Crippen LogP contribution in [-0.2, 0) is 0 Å². The second-order valence-corrected chi connectivity index (χ2v) is 4.37. The van der Waals surface area contributed by atoms with E-state index < -0.39 is 11.3 Å². The van der Waals surface area contributed by atoms with Crippen molar-refractivity contribution in [3.05, 3.63) is 33.9 Å². The molecule has 0 aromatic heterocycles. The number of non-ortho nitro benzene ring substituents is 1. The number of aliphatic hydroxyl groups is 1. The van der Waals surface area contributed by atoms with E-state index in [0.29, 0.717) is 6.54 Å². The van der Waals surface area contributed by atoms with Crippen molar-refractivity contribution in [2.24, 2.45) is 0 Å². The third-order valence-corrected chi connectivity index (χ3v) is 2.95. The third kappa shape index (κ3) is 4.12. The van der Waals surface area contributed by atoms with Crippen LogP contribution >= 0.6 is 0 Å². The van der Waals surface area contributed by atoms with Crippen LogP contribution in [-0.4, -0.2) is 29.7 Å². The molecule has 0 aliphatic carbocycles. The molecule has 0 heterocycles. The van der Waals surface area contributed by atoms with Gasteiger partial charge in [0.2, 0.25) is 0 Å². The van der Waals surface area contributed by atoms with Gasteiger partial charge >= 0.3 is 0 Å². The van der Waals surface area contributed by atoms with Crippen LogP contribution < -0.4 is 4.90 Å². The highest BCUT2D eigenvalue weighted by Gasteiger charge is 2.21. The number of hydrogen-bond acceptors (Lipinski definition) is 4. The zero-order valence-electron chi connectivity index (χ0n) is 11.3. The van der Waals surface area contributed by atoms with Crippen molar-refractivity contribution in [2.45, 2.75) is 26.2 Å². The average Bonchev–Trinajstić information content (AvgIpc) is 2.42. The molecule has 0 aliphatic rings. The molecule has 0 amide bonds. The number of unbranched alkanes of at least 4 members (excludes halogenated alkanes) is 1. The summed E-state index contributed by atoms with van der Waals surface area (Å²) in [6, 6.07) is 3.43. The molecule has 0 radical (unpaired) electrons. The van der Waals surface area contributed by atoms with E-state index in [1.165, 1.54) is 12.1 Å². The second-order valence-electron chi connectivity index (χ2n) is 4.37. The molecule has 0 saturated carbocycles. The Labute approximate surface area is 116 Å². The molecule has 1 aromatic rings. The van der Waals surface area contributed by atoms with E-state index in [1.54, 1.807) is 4.90 Å². The van der Waals surface area contributed by atoms with Gasteiger partial charge in [0, 0.05) is 36.5 Å². The van der Waals surface area contributed by atoms with E-state index in [0.717, 1.165) is 18.9 Å². The molecule has 20 heavy (non-hydrogen) atoms. The molecular weight excluding hydrogens is 270 g/mol. The molecule has 0 fully saturated rings. The molecule has 5 nitrogen and oxygen atoms in total. The number of alkyl halides is 2. The standard InChI is InChI=1S/C13H18F2N2O3/c1-2-3-6-16(7-8-18)12-5-4-10(17(19)20)9-11(12)13(14)15/h4-5,9,13,18H,2-3,6-8H2,1H3. The topological polar surface area (TPSA) is 66.6 Å². The predicted octanol–water partition coefficient (Wildman–Crippen LogP) is 3.13. The lowest BCUT2D eigenvalue weighted by Crippen LogP contribution is -2.28. The maximum atomic E-state index is 13.1. The monoisotopic (exact) mass is 288 g/mol. The van der Waals surface area contributed by atoms with Gasteiger partial charge in [-0.3, -0.25) is 10.1 Å². The van der Waals surface area contributed by atoms with Crippen LogP contribution in [0.25, 0.3) is 0 Å². The first-order valence-electron chi connectivity index (χ1n) is 6.43. The Kier molecular flexibility index (Phi) is 6.30. The predicted molar refractivity (Wildman–Crippen MR) is 72.3 cm³/mol. The van der Waals surface area contributed by atoms with E-state index in [9.17, 15) is 18.9 Å². The van der Waals surface area contributed by atoms with Crippen LogP contribution in [0.3, 0.4) is 0 Å². The zero-order valence-corrected chi connectivity index (χ0v) is 11.3. The molecule has 0 aliphatic heterocycles. The van der Waals surface area contributed by atoms with Crippen LogP contribution in [0.15, 0.2) is 18.2 Å². The van der Waals surface area contributed by atoms with Crippen molar-refractivity contribution in [1.29, 1.82) is 0 Å². The number of benzene rings is 1. The Morgan fingerprint density at radius 1 is 1.40 bits per heavy atom. The Bertz CT molecular complexity index is 455. The van der Waals surface area contributed by atoms with E-state index in [1.807, 2.05) is 6.92 Å². The molecule has 0 spiro atoms. The quantitative estimate of drug-likeness (QED) is 0.589. The lowest BCUT2D eigenvalue weighted by molar-refractivity contribution is -0.385. The summed E-state index contributed by atoms with van der Waals surface area (Å²) in [7, 11) is 0. The van der Waals surface area contributed by atoms with E-state index in [-0.39, 0.29) is 30.1 Å². The number of hydrogen-bond donors (Lipinski definition) is 1. The van der Waals surface area contributed by atoms with Gasteiger partial charge in [-0.05, 0) is 12.5 Å². The maximum Gasteiger partial charge on any atom is 0.270 e. The largest absolute Gasteiger partial charge is 0.395 e. The number of nitro benzene ring substituents is 1. The van der Waals surface area contributed by atoms with Gasteiger partial charge in [-0.15, -0.1) is 0 Å². The second kappa shape index (κ2) is 7.74. The highest BCUT2D eigenvalue weighted by Crippen LogP contribution is 2.33. The first kappa shape index (κ1) is 16.3. The molecule has 112 valence electrons. The Morgan fingerprint density at radius 2 is 2.10 bits per heavy atom. The number of halogens is 2. The summed E-state index contributed by atoms with van der Waals surface area (Å²) < 4.78 is 26.2. The fourth-order valence-electron chi connectivity index (χ4n) is 1.94. The van der Waals surface area contributed by atoms with Gasteiger partial charge in [0.15, 0.2) is 0 Å². The first-order chi connectivity index (χ1) is 9.51. The molecule has 1 aromatic carbocycles. The van der Waals surface area contributed by atoms with Crippen molar-refractivity contribution in [1.82, 2.24) is 0 Å². The fourth-order valence-corrected chi connectivity index (χ4v) is 1.94. The first-order valence-corrected chi connectivity index (χ1v) is 6.43. The van der Waals surface area contributed by atoms with Crippen molar-refractivity contribution in [2.75, 3.05) is 24.6 Å². The van der Waals surface area contributed by atoms with Crippen LogP contribution in [0, 0.1) is 10.1 Å². The molecule has 7 heteroatoms. The van der Waals surface area contributed by atoms with Crippen molar-refractivity contribution in [3.63, 3.8) is 0 Å². The highest BCUT2D eigenvalue weighted by atomic mass is 19.3. The highest BCUT2D eigenvalue weighted by molar-refractivity contribution is 5.58. The SMILES string of the molecule is CCCCN(CCO)c1ccc([N+](=O)[O-])cc1C(F)F. The van der Waals surface area contributed by atoms with Gasteiger partial charge in [0.05, 0.1) is 11.5 Å². The normalized spacial score (nSPS) is 10.8. The molecule has 0 unspecified atom stereocenters. The summed E-state index contributed by atoms with van der Waals surface area (Å²) in [6.07, 6.45) is -1.12. The Morgan fingerprint density at radius 3 is 2.60 bits per heavy atom. The van der Waals surface area contributed by atoms with E-state index in [4.69, 9.17) is 5.11 Å². The number of nitrogens with zero attached hydrogens (tertiary/aromatic N) is 2. The zero-order chi connectivity index (χ0) is 15.1. The molecule has 0 bridgehead atoms. The molecule has 1 rings (SSSR count). The summed E-state index contributed by atoms with van der Waals surface area (Å²) in [6.45, 7) is 2.55. The minimum atomic E-state index is -2.80. The summed E-state index contributed by atoms with van der Waals surface area (Å²) in [5, 5.41) is 19.7. The molecule has 1 N–H and O–H groups in total. The van der Waals surface area contributed by atoms with Gasteiger partial charge in [-0.25, -0.2) is 8.78 Å².